The molecule has 2 aromatic rings. The van der Waals surface area contributed by atoms with E-state index in [4.69, 9.17) is 16.1 Å². The summed E-state index contributed by atoms with van der Waals surface area (Å²) in [6.07, 6.45) is -3.76. The van der Waals surface area contributed by atoms with Gasteiger partial charge in [0.25, 0.3) is 0 Å². The Kier molecular flexibility index (Phi) is 2.70. The van der Waals surface area contributed by atoms with Gasteiger partial charge < -0.3 is 9.84 Å². The van der Waals surface area contributed by atoms with Crippen molar-refractivity contribution in [3.05, 3.63) is 34.3 Å². The molecular formula is C12H8ClF3N2O. The number of rotatable bonds is 1. The zero-order valence-electron chi connectivity index (χ0n) is 9.51. The molecule has 0 bridgehead atoms. The molecule has 7 heteroatoms. The summed E-state index contributed by atoms with van der Waals surface area (Å²) in [5.74, 6) is 0.503. The molecule has 1 aromatic carbocycles. The molecule has 0 atom stereocenters. The van der Waals surface area contributed by atoms with Gasteiger partial charge >= 0.3 is 6.18 Å². The maximum Gasteiger partial charge on any atom is 0.416 e. The second-order valence-electron chi connectivity index (χ2n) is 4.21. The lowest BCUT2D eigenvalue weighted by molar-refractivity contribution is -0.137. The van der Waals surface area contributed by atoms with Crippen LogP contribution in [0.1, 0.15) is 11.1 Å². The summed E-state index contributed by atoms with van der Waals surface area (Å²) < 4.78 is 43.2. The van der Waals surface area contributed by atoms with Crippen molar-refractivity contribution in [3.63, 3.8) is 0 Å². The van der Waals surface area contributed by atoms with Crippen LogP contribution in [-0.4, -0.2) is 11.7 Å². The third-order valence-electron chi connectivity index (χ3n) is 3.00. The third kappa shape index (κ3) is 2.06. The van der Waals surface area contributed by atoms with Gasteiger partial charge in [0.1, 0.15) is 5.69 Å². The summed E-state index contributed by atoms with van der Waals surface area (Å²) in [6.45, 7) is 0.681. The number of benzene rings is 1. The van der Waals surface area contributed by atoms with Crippen molar-refractivity contribution in [2.24, 2.45) is 0 Å². The zero-order chi connectivity index (χ0) is 13.6. The summed E-state index contributed by atoms with van der Waals surface area (Å²) in [7, 11) is 0. The largest absolute Gasteiger partial charge is 0.416 e. The molecule has 0 spiro atoms. The van der Waals surface area contributed by atoms with E-state index in [-0.39, 0.29) is 10.6 Å². The van der Waals surface area contributed by atoms with Gasteiger partial charge in [0.05, 0.1) is 10.6 Å². The van der Waals surface area contributed by atoms with Crippen LogP contribution in [0, 0.1) is 0 Å². The van der Waals surface area contributed by atoms with Crippen molar-refractivity contribution in [1.29, 1.82) is 0 Å². The second-order valence-corrected chi connectivity index (χ2v) is 4.62. The average Bonchev–Trinajstić information content (AvgIpc) is 2.90. The minimum Gasteiger partial charge on any atom is -0.353 e. The molecule has 0 aliphatic carbocycles. The minimum atomic E-state index is -4.41. The fourth-order valence-electron chi connectivity index (χ4n) is 2.08. The number of hydrogen-bond acceptors (Lipinski definition) is 3. The summed E-state index contributed by atoms with van der Waals surface area (Å²) in [5.41, 5.74) is 0.622. The number of nitrogens with one attached hydrogen (secondary N) is 1. The Labute approximate surface area is 111 Å². The lowest BCUT2D eigenvalue weighted by atomic mass is 10.0. The van der Waals surface area contributed by atoms with Crippen molar-refractivity contribution < 1.29 is 17.7 Å². The molecular weight excluding hydrogens is 281 g/mol. The molecule has 3 rings (SSSR count). The third-order valence-corrected chi connectivity index (χ3v) is 3.33. The molecule has 1 aliphatic rings. The predicted octanol–water partition coefficient (Wildman–Crippen LogP) is 3.98. The molecule has 19 heavy (non-hydrogen) atoms. The van der Waals surface area contributed by atoms with Crippen molar-refractivity contribution >= 4 is 17.5 Å². The standard InChI is InChI=1S/C12H8ClF3N2O/c13-9-2-1-6(12(14,15)16)5-8(9)10-7-3-4-17-11(7)19-18-10/h1-2,5,17H,3-4H2. The van der Waals surface area contributed by atoms with Gasteiger partial charge in [-0.25, -0.2) is 0 Å². The van der Waals surface area contributed by atoms with Gasteiger partial charge in [0.15, 0.2) is 0 Å². The van der Waals surface area contributed by atoms with Crippen molar-refractivity contribution in [3.8, 4) is 11.3 Å². The highest BCUT2D eigenvalue weighted by atomic mass is 35.5. The van der Waals surface area contributed by atoms with E-state index in [0.29, 0.717) is 24.5 Å². The number of alkyl halides is 3. The molecule has 0 saturated carbocycles. The van der Waals surface area contributed by atoms with Gasteiger partial charge in [-0.15, -0.1) is 0 Å². The van der Waals surface area contributed by atoms with E-state index in [1.54, 1.807) is 0 Å². The number of halogens is 4. The number of fused-ring (bicyclic) bond motifs is 1. The molecule has 0 saturated heterocycles. The topological polar surface area (TPSA) is 38.1 Å². The normalized spacial score (nSPS) is 14.3. The van der Waals surface area contributed by atoms with Crippen LogP contribution in [0.5, 0.6) is 0 Å². The Morgan fingerprint density at radius 1 is 1.32 bits per heavy atom. The molecule has 1 N–H and O–H groups in total. The number of hydrogen-bond donors (Lipinski definition) is 1. The Balaban J connectivity index is 2.14. The SMILES string of the molecule is FC(F)(F)c1ccc(Cl)c(-c2noc3c2CCN3)c1. The first kappa shape index (κ1) is 12.3. The van der Waals surface area contributed by atoms with E-state index in [1.807, 2.05) is 0 Å². The average molecular weight is 289 g/mol. The van der Waals surface area contributed by atoms with E-state index >= 15 is 0 Å². The Bertz CT molecular complexity index is 636. The second kappa shape index (κ2) is 4.16. The molecule has 2 heterocycles. The van der Waals surface area contributed by atoms with E-state index in [2.05, 4.69) is 10.5 Å². The molecule has 1 aliphatic heterocycles. The van der Waals surface area contributed by atoms with Gasteiger partial charge in [0.2, 0.25) is 5.88 Å². The summed E-state index contributed by atoms with van der Waals surface area (Å²) in [6, 6.07) is 3.17. The molecule has 0 amide bonds. The van der Waals surface area contributed by atoms with Crippen LogP contribution in [0.15, 0.2) is 22.7 Å². The van der Waals surface area contributed by atoms with Crippen molar-refractivity contribution in [1.82, 2.24) is 5.16 Å². The fourth-order valence-corrected chi connectivity index (χ4v) is 2.28. The van der Waals surface area contributed by atoms with Crippen LogP contribution < -0.4 is 5.32 Å². The van der Waals surface area contributed by atoms with Gasteiger partial charge in [-0.1, -0.05) is 16.8 Å². The van der Waals surface area contributed by atoms with E-state index in [0.717, 1.165) is 17.7 Å². The molecule has 0 radical (unpaired) electrons. The van der Waals surface area contributed by atoms with Crippen LogP contribution in [-0.2, 0) is 12.6 Å². The van der Waals surface area contributed by atoms with E-state index in [1.165, 1.54) is 6.07 Å². The molecule has 0 fully saturated rings. The highest BCUT2D eigenvalue weighted by molar-refractivity contribution is 6.33. The van der Waals surface area contributed by atoms with Crippen molar-refractivity contribution in [2.45, 2.75) is 12.6 Å². The quantitative estimate of drug-likeness (QED) is 0.862. The fraction of sp³-hybridized carbons (Fsp3) is 0.250. The van der Waals surface area contributed by atoms with Gasteiger partial charge in [0, 0.05) is 17.7 Å². The summed E-state index contributed by atoms with van der Waals surface area (Å²) in [4.78, 5) is 0. The van der Waals surface area contributed by atoms with Crippen molar-refractivity contribution in [2.75, 3.05) is 11.9 Å². The first-order valence-electron chi connectivity index (χ1n) is 5.56. The van der Waals surface area contributed by atoms with E-state index < -0.39 is 11.7 Å². The Hall–Kier alpha value is -1.69. The van der Waals surface area contributed by atoms with E-state index in [9.17, 15) is 13.2 Å². The molecule has 3 nitrogen and oxygen atoms in total. The van der Waals surface area contributed by atoms with Crippen LogP contribution in [0.4, 0.5) is 19.1 Å². The predicted molar refractivity (Wildman–Crippen MR) is 64.1 cm³/mol. The molecule has 0 unspecified atom stereocenters. The van der Waals surface area contributed by atoms with Crippen LogP contribution >= 0.6 is 11.6 Å². The lowest BCUT2D eigenvalue weighted by Gasteiger charge is -2.09. The minimum absolute atomic E-state index is 0.219. The summed E-state index contributed by atoms with van der Waals surface area (Å²) >= 11 is 5.97. The molecule has 1 aromatic heterocycles. The first-order valence-corrected chi connectivity index (χ1v) is 5.94. The van der Waals surface area contributed by atoms with Gasteiger partial charge in [-0.3, -0.25) is 0 Å². The highest BCUT2D eigenvalue weighted by Gasteiger charge is 2.32. The van der Waals surface area contributed by atoms with Crippen LogP contribution in [0.25, 0.3) is 11.3 Å². The zero-order valence-corrected chi connectivity index (χ0v) is 10.3. The molecule has 100 valence electrons. The lowest BCUT2D eigenvalue weighted by Crippen LogP contribution is -2.05. The monoisotopic (exact) mass is 288 g/mol. The first-order chi connectivity index (χ1) is 8.97. The van der Waals surface area contributed by atoms with Gasteiger partial charge in [-0.05, 0) is 24.6 Å². The van der Waals surface area contributed by atoms with Gasteiger partial charge in [-0.2, -0.15) is 13.2 Å². The summed E-state index contributed by atoms with van der Waals surface area (Å²) in [5, 5.41) is 6.98. The smallest absolute Gasteiger partial charge is 0.353 e. The number of anilines is 1. The number of aromatic nitrogens is 1. The maximum atomic E-state index is 12.7. The highest BCUT2D eigenvalue weighted by Crippen LogP contribution is 2.39. The number of nitrogens with zero attached hydrogens (tertiary/aromatic N) is 1. The Morgan fingerprint density at radius 2 is 2.11 bits per heavy atom. The Morgan fingerprint density at radius 3 is 2.84 bits per heavy atom. The van der Waals surface area contributed by atoms with Crippen LogP contribution in [0.3, 0.4) is 0 Å². The van der Waals surface area contributed by atoms with Crippen LogP contribution in [0.2, 0.25) is 5.02 Å². The maximum absolute atomic E-state index is 12.7.